The number of hydrogen-bond acceptors (Lipinski definition) is 4. The Labute approximate surface area is 140 Å². The predicted molar refractivity (Wildman–Crippen MR) is 88.2 cm³/mol. The quantitative estimate of drug-likeness (QED) is 0.772. The van der Waals surface area contributed by atoms with Crippen LogP contribution in [0.3, 0.4) is 0 Å². The first-order valence-corrected chi connectivity index (χ1v) is 7.41. The minimum absolute atomic E-state index is 0.213. The van der Waals surface area contributed by atoms with Gasteiger partial charge in [-0.05, 0) is 29.8 Å². The van der Waals surface area contributed by atoms with Crippen LogP contribution in [0.4, 0.5) is 0 Å². The van der Waals surface area contributed by atoms with Crippen molar-refractivity contribution in [3.63, 3.8) is 0 Å². The number of amides is 1. The summed E-state index contributed by atoms with van der Waals surface area (Å²) in [7, 11) is 1.56. The number of nitrogens with one attached hydrogen (secondary N) is 1. The minimum Gasteiger partial charge on any atom is -0.497 e. The number of carboxylic acids is 1. The molecule has 2 rings (SSSR count). The van der Waals surface area contributed by atoms with Gasteiger partial charge in [-0.3, -0.25) is 4.79 Å². The van der Waals surface area contributed by atoms with Gasteiger partial charge in [-0.2, -0.15) is 0 Å². The van der Waals surface area contributed by atoms with Gasteiger partial charge in [-0.1, -0.05) is 30.3 Å². The van der Waals surface area contributed by atoms with Gasteiger partial charge in [0.1, 0.15) is 17.5 Å². The zero-order valence-corrected chi connectivity index (χ0v) is 13.3. The molecule has 0 saturated heterocycles. The highest BCUT2D eigenvalue weighted by atomic mass is 16.5. The Morgan fingerprint density at radius 3 is 2.25 bits per heavy atom. The highest BCUT2D eigenvalue weighted by Gasteiger charge is 2.20. The summed E-state index contributed by atoms with van der Waals surface area (Å²) in [6, 6.07) is 14.9. The monoisotopic (exact) mass is 329 g/mol. The molecule has 0 aliphatic heterocycles. The fraction of sp³-hybridized carbons (Fsp3) is 0.222. The molecule has 6 nitrogen and oxygen atoms in total. The van der Waals surface area contributed by atoms with Gasteiger partial charge >= 0.3 is 5.97 Å². The van der Waals surface area contributed by atoms with E-state index in [2.05, 4.69) is 5.32 Å². The van der Waals surface area contributed by atoms with Crippen molar-refractivity contribution in [2.45, 2.75) is 12.5 Å². The van der Waals surface area contributed by atoms with Crippen LogP contribution in [0.1, 0.15) is 5.56 Å². The molecular formula is C18H19NO5. The lowest BCUT2D eigenvalue weighted by Gasteiger charge is -2.15. The number of hydrogen-bond donors (Lipinski definition) is 2. The molecule has 0 fully saturated rings. The van der Waals surface area contributed by atoms with Gasteiger partial charge in [-0.15, -0.1) is 0 Å². The van der Waals surface area contributed by atoms with Gasteiger partial charge < -0.3 is 19.9 Å². The van der Waals surface area contributed by atoms with Crippen LogP contribution in [-0.4, -0.2) is 36.7 Å². The van der Waals surface area contributed by atoms with Crippen molar-refractivity contribution in [3.05, 3.63) is 60.2 Å². The standard InChI is InChI=1S/C18H19NO5/c1-23-14-7-9-15(10-8-14)24-12-17(20)19-16(18(21)22)11-13-5-3-2-4-6-13/h2-10,16H,11-12H2,1H3,(H,19,20)(H,21,22). The fourth-order valence-electron chi connectivity index (χ4n) is 2.11. The Morgan fingerprint density at radius 2 is 1.67 bits per heavy atom. The molecule has 0 spiro atoms. The summed E-state index contributed by atoms with van der Waals surface area (Å²) in [5, 5.41) is 11.7. The maximum absolute atomic E-state index is 11.9. The Morgan fingerprint density at radius 1 is 1.04 bits per heavy atom. The number of aliphatic carboxylic acids is 1. The van der Waals surface area contributed by atoms with Crippen LogP contribution in [0.15, 0.2) is 54.6 Å². The summed E-state index contributed by atoms with van der Waals surface area (Å²) in [6.07, 6.45) is 0.213. The Kier molecular flexibility index (Phi) is 6.19. The van der Waals surface area contributed by atoms with Crippen LogP contribution in [0.2, 0.25) is 0 Å². The fourth-order valence-corrected chi connectivity index (χ4v) is 2.11. The smallest absolute Gasteiger partial charge is 0.326 e. The number of ether oxygens (including phenoxy) is 2. The third kappa shape index (κ3) is 5.31. The number of rotatable bonds is 8. The third-order valence-corrected chi connectivity index (χ3v) is 3.35. The van der Waals surface area contributed by atoms with E-state index in [1.807, 2.05) is 30.3 Å². The average Bonchev–Trinajstić information content (AvgIpc) is 2.60. The van der Waals surface area contributed by atoms with E-state index in [4.69, 9.17) is 9.47 Å². The molecule has 0 radical (unpaired) electrons. The molecule has 2 aromatic rings. The van der Waals surface area contributed by atoms with Crippen LogP contribution in [0, 0.1) is 0 Å². The molecule has 0 saturated carbocycles. The van der Waals surface area contributed by atoms with E-state index >= 15 is 0 Å². The summed E-state index contributed by atoms with van der Waals surface area (Å²) in [5.41, 5.74) is 0.835. The summed E-state index contributed by atoms with van der Waals surface area (Å²) < 4.78 is 10.4. The first-order valence-electron chi connectivity index (χ1n) is 7.41. The zero-order valence-electron chi connectivity index (χ0n) is 13.3. The van der Waals surface area contributed by atoms with Crippen LogP contribution in [0.25, 0.3) is 0 Å². The number of carbonyl (C=O) groups excluding carboxylic acids is 1. The van der Waals surface area contributed by atoms with Gasteiger partial charge in [0, 0.05) is 6.42 Å². The molecule has 2 aromatic carbocycles. The van der Waals surface area contributed by atoms with E-state index in [9.17, 15) is 14.7 Å². The molecule has 0 heterocycles. The SMILES string of the molecule is COc1ccc(OCC(=O)NC(Cc2ccccc2)C(=O)O)cc1. The van der Waals surface area contributed by atoms with Gasteiger partial charge in [0.15, 0.2) is 6.61 Å². The summed E-state index contributed by atoms with van der Waals surface area (Å²) in [4.78, 5) is 23.2. The van der Waals surface area contributed by atoms with Crippen molar-refractivity contribution in [2.24, 2.45) is 0 Å². The van der Waals surface area contributed by atoms with Crippen LogP contribution in [0.5, 0.6) is 11.5 Å². The van der Waals surface area contributed by atoms with Gasteiger partial charge in [-0.25, -0.2) is 4.79 Å². The van der Waals surface area contributed by atoms with Gasteiger partial charge in [0.2, 0.25) is 0 Å². The molecule has 6 heteroatoms. The number of methoxy groups -OCH3 is 1. The molecule has 0 bridgehead atoms. The minimum atomic E-state index is -1.09. The largest absolute Gasteiger partial charge is 0.497 e. The van der Waals surface area contributed by atoms with Crippen molar-refractivity contribution in [2.75, 3.05) is 13.7 Å². The average molecular weight is 329 g/mol. The van der Waals surface area contributed by atoms with Crippen LogP contribution in [-0.2, 0) is 16.0 Å². The number of benzene rings is 2. The lowest BCUT2D eigenvalue weighted by Crippen LogP contribution is -2.44. The third-order valence-electron chi connectivity index (χ3n) is 3.35. The molecule has 2 N–H and O–H groups in total. The molecule has 0 aromatic heterocycles. The first-order chi connectivity index (χ1) is 11.6. The zero-order chi connectivity index (χ0) is 17.4. The highest BCUT2D eigenvalue weighted by Crippen LogP contribution is 2.16. The lowest BCUT2D eigenvalue weighted by atomic mass is 10.1. The van der Waals surface area contributed by atoms with Crippen molar-refractivity contribution in [3.8, 4) is 11.5 Å². The van der Waals surface area contributed by atoms with Gasteiger partial charge in [0.25, 0.3) is 5.91 Å². The summed E-state index contributed by atoms with van der Waals surface area (Å²) in [5.74, 6) is -0.396. The van der Waals surface area contributed by atoms with Crippen molar-refractivity contribution in [1.82, 2.24) is 5.32 Å². The van der Waals surface area contributed by atoms with Gasteiger partial charge in [0.05, 0.1) is 7.11 Å². The molecular weight excluding hydrogens is 310 g/mol. The highest BCUT2D eigenvalue weighted by molar-refractivity contribution is 5.84. The van der Waals surface area contributed by atoms with Crippen molar-refractivity contribution in [1.29, 1.82) is 0 Å². The second-order valence-electron chi connectivity index (χ2n) is 5.11. The molecule has 24 heavy (non-hydrogen) atoms. The topological polar surface area (TPSA) is 84.9 Å². The first kappa shape index (κ1) is 17.3. The maximum Gasteiger partial charge on any atom is 0.326 e. The Bertz CT molecular complexity index is 670. The second-order valence-corrected chi connectivity index (χ2v) is 5.11. The van der Waals surface area contributed by atoms with E-state index in [1.165, 1.54) is 0 Å². The summed E-state index contributed by atoms with van der Waals surface area (Å²) >= 11 is 0. The Hall–Kier alpha value is -3.02. The van der Waals surface area contributed by atoms with E-state index < -0.39 is 17.9 Å². The van der Waals surface area contributed by atoms with Crippen molar-refractivity contribution >= 4 is 11.9 Å². The Balaban J connectivity index is 1.87. The van der Waals surface area contributed by atoms with E-state index in [1.54, 1.807) is 31.4 Å². The lowest BCUT2D eigenvalue weighted by molar-refractivity contribution is -0.142. The predicted octanol–water partition coefficient (Wildman–Crippen LogP) is 1.89. The molecule has 1 atom stereocenters. The van der Waals surface area contributed by atoms with E-state index in [0.29, 0.717) is 11.5 Å². The molecule has 1 unspecified atom stereocenters. The molecule has 1 amide bonds. The number of carbonyl (C=O) groups is 2. The van der Waals surface area contributed by atoms with Crippen LogP contribution < -0.4 is 14.8 Å². The second kappa shape index (κ2) is 8.57. The van der Waals surface area contributed by atoms with E-state index in [0.717, 1.165) is 5.56 Å². The van der Waals surface area contributed by atoms with Crippen LogP contribution >= 0.6 is 0 Å². The molecule has 0 aliphatic carbocycles. The molecule has 126 valence electrons. The maximum atomic E-state index is 11.9. The normalized spacial score (nSPS) is 11.4. The molecule has 0 aliphatic rings. The van der Waals surface area contributed by atoms with Crippen molar-refractivity contribution < 1.29 is 24.2 Å². The van der Waals surface area contributed by atoms with E-state index in [-0.39, 0.29) is 13.0 Å². The number of carboxylic acid groups (broad SMARTS) is 1. The summed E-state index contributed by atoms with van der Waals surface area (Å²) in [6.45, 7) is -0.259.